The molecule has 0 N–H and O–H groups in total. The van der Waals surface area contributed by atoms with E-state index >= 15 is 0 Å². The smallest absolute Gasteiger partial charge is 0.128 e. The fraction of sp³-hybridized carbons (Fsp3) is 0.333. The first-order valence-corrected chi connectivity index (χ1v) is 8.20. The zero-order valence-electron chi connectivity index (χ0n) is 12.0. The van der Waals surface area contributed by atoms with Gasteiger partial charge in [-0.25, -0.2) is 0 Å². The minimum Gasteiger partial charge on any atom is -0.328 e. The number of pyridine rings is 1. The van der Waals surface area contributed by atoms with Crippen LogP contribution in [-0.2, 0) is 0 Å². The summed E-state index contributed by atoms with van der Waals surface area (Å²) in [6, 6.07) is 6.72. The third-order valence-corrected chi connectivity index (χ3v) is 5.57. The van der Waals surface area contributed by atoms with Gasteiger partial charge in [0.05, 0.1) is 16.8 Å². The lowest BCUT2D eigenvalue weighted by Gasteiger charge is -2.44. The number of rotatable bonds is 1. The monoisotopic (exact) mass is 309 g/mol. The number of aliphatic imine (C=N–C) groups is 1. The minimum absolute atomic E-state index is 0.146. The van der Waals surface area contributed by atoms with Crippen LogP contribution < -0.4 is 0 Å². The first-order chi connectivity index (χ1) is 10.8. The van der Waals surface area contributed by atoms with E-state index in [-0.39, 0.29) is 6.04 Å². The molecule has 5 rings (SSSR count). The highest BCUT2D eigenvalue weighted by atomic mass is 35.5. The molecule has 5 unspecified atom stereocenters. The predicted octanol–water partition coefficient (Wildman–Crippen LogP) is 3.68. The van der Waals surface area contributed by atoms with Gasteiger partial charge in [-0.3, -0.25) is 9.98 Å². The highest BCUT2D eigenvalue weighted by Crippen LogP contribution is 2.54. The maximum atomic E-state index is 6.23. The van der Waals surface area contributed by atoms with Gasteiger partial charge in [-0.1, -0.05) is 29.8 Å². The normalized spacial score (nSPS) is 37.7. The van der Waals surface area contributed by atoms with E-state index < -0.39 is 0 Å². The van der Waals surface area contributed by atoms with Gasteiger partial charge in [-0.15, -0.1) is 0 Å². The molecule has 110 valence electrons. The average molecular weight is 310 g/mol. The molecule has 1 saturated carbocycles. The average Bonchev–Trinajstić information content (AvgIpc) is 3.17. The van der Waals surface area contributed by atoms with E-state index in [4.69, 9.17) is 16.6 Å². The Morgan fingerprint density at radius 1 is 1.14 bits per heavy atom. The van der Waals surface area contributed by atoms with E-state index in [2.05, 4.69) is 34.2 Å². The molecule has 4 aliphatic rings. The van der Waals surface area contributed by atoms with E-state index in [0.717, 1.165) is 16.6 Å². The van der Waals surface area contributed by atoms with Crippen molar-refractivity contribution >= 4 is 17.4 Å². The van der Waals surface area contributed by atoms with Gasteiger partial charge >= 0.3 is 0 Å². The van der Waals surface area contributed by atoms with Gasteiger partial charge in [0.25, 0.3) is 0 Å². The Morgan fingerprint density at radius 2 is 2.05 bits per heavy atom. The van der Waals surface area contributed by atoms with Crippen molar-refractivity contribution in [3.8, 4) is 0 Å². The summed E-state index contributed by atoms with van der Waals surface area (Å²) in [6.07, 6.45) is 13.9. The molecule has 2 aliphatic heterocycles. The Morgan fingerprint density at radius 3 is 2.91 bits per heavy atom. The highest BCUT2D eigenvalue weighted by Gasteiger charge is 2.53. The molecule has 0 aromatic carbocycles. The summed E-state index contributed by atoms with van der Waals surface area (Å²) in [6.45, 7) is 0. The van der Waals surface area contributed by atoms with Crippen LogP contribution in [0.15, 0.2) is 64.9 Å². The first-order valence-electron chi connectivity index (χ1n) is 7.82. The number of nitrogens with zero attached hydrogens (tertiary/aromatic N) is 3. The van der Waals surface area contributed by atoms with Crippen LogP contribution >= 0.6 is 11.6 Å². The van der Waals surface area contributed by atoms with Crippen LogP contribution in [0.4, 0.5) is 0 Å². The van der Waals surface area contributed by atoms with Crippen molar-refractivity contribution in [1.29, 1.82) is 0 Å². The second-order valence-electron chi connectivity index (χ2n) is 6.46. The van der Waals surface area contributed by atoms with E-state index in [1.165, 1.54) is 6.42 Å². The van der Waals surface area contributed by atoms with E-state index in [1.54, 1.807) is 0 Å². The maximum absolute atomic E-state index is 6.23. The molecule has 2 aliphatic carbocycles. The van der Waals surface area contributed by atoms with Crippen molar-refractivity contribution in [3.63, 3.8) is 0 Å². The molecule has 3 nitrogen and oxygen atoms in total. The third kappa shape index (κ3) is 1.69. The van der Waals surface area contributed by atoms with Crippen LogP contribution in [0.2, 0.25) is 0 Å². The number of allylic oxidation sites excluding steroid dienone is 3. The molecule has 5 atom stereocenters. The largest absolute Gasteiger partial charge is 0.328 e. The van der Waals surface area contributed by atoms with Crippen LogP contribution in [0.5, 0.6) is 0 Å². The Balaban J connectivity index is 1.66. The van der Waals surface area contributed by atoms with E-state index in [0.29, 0.717) is 23.8 Å². The second kappa shape index (κ2) is 4.56. The van der Waals surface area contributed by atoms with Crippen molar-refractivity contribution in [2.75, 3.05) is 0 Å². The summed E-state index contributed by atoms with van der Waals surface area (Å²) in [4.78, 5) is 11.9. The first kappa shape index (κ1) is 12.7. The maximum Gasteiger partial charge on any atom is 0.128 e. The topological polar surface area (TPSA) is 28.5 Å². The molecule has 0 saturated heterocycles. The third-order valence-electron chi connectivity index (χ3n) is 5.34. The summed E-state index contributed by atoms with van der Waals surface area (Å²) in [7, 11) is 0. The summed E-state index contributed by atoms with van der Waals surface area (Å²) in [5.74, 6) is 2.70. The quantitative estimate of drug-likeness (QED) is 0.740. The van der Waals surface area contributed by atoms with Gasteiger partial charge < -0.3 is 4.90 Å². The van der Waals surface area contributed by atoms with Crippen LogP contribution in [0, 0.1) is 17.8 Å². The number of hydrogen-bond donors (Lipinski definition) is 0. The number of halogens is 1. The van der Waals surface area contributed by atoms with Gasteiger partial charge in [0.2, 0.25) is 0 Å². The molecule has 0 spiro atoms. The van der Waals surface area contributed by atoms with Gasteiger partial charge in [-0.05, 0) is 42.5 Å². The molecule has 0 radical (unpaired) electrons. The summed E-state index contributed by atoms with van der Waals surface area (Å²) in [5, 5.41) is 0.778. The van der Waals surface area contributed by atoms with Crippen molar-refractivity contribution in [1.82, 2.24) is 9.88 Å². The standard InChI is InChI=1S/C18H16ClN3/c19-13-6-7-15-21-17(14-3-1-2-8-20-14)16-11-4-5-12(9-11)18(16)22(15)10-13/h1-8,10-12,16-18H,9H2. The fourth-order valence-electron chi connectivity index (χ4n) is 4.52. The summed E-state index contributed by atoms with van der Waals surface area (Å²) >= 11 is 6.23. The Bertz CT molecular complexity index is 734. The van der Waals surface area contributed by atoms with Crippen LogP contribution in [0.1, 0.15) is 18.2 Å². The fourth-order valence-corrected chi connectivity index (χ4v) is 4.69. The van der Waals surface area contributed by atoms with Crippen molar-refractivity contribution < 1.29 is 0 Å². The Hall–Kier alpha value is -1.87. The van der Waals surface area contributed by atoms with Crippen LogP contribution in [0.25, 0.3) is 0 Å². The van der Waals surface area contributed by atoms with E-state index in [1.807, 2.05) is 30.6 Å². The lowest BCUT2D eigenvalue weighted by Crippen LogP contribution is -2.49. The van der Waals surface area contributed by atoms with Gasteiger partial charge in [0.15, 0.2) is 0 Å². The molecule has 1 aromatic rings. The molecule has 4 heteroatoms. The molecule has 0 amide bonds. The molecule has 1 fully saturated rings. The van der Waals surface area contributed by atoms with Gasteiger partial charge in [0, 0.05) is 24.4 Å². The van der Waals surface area contributed by atoms with Crippen molar-refractivity contribution in [2.24, 2.45) is 22.7 Å². The second-order valence-corrected chi connectivity index (χ2v) is 6.89. The summed E-state index contributed by atoms with van der Waals surface area (Å²) in [5.41, 5.74) is 1.08. The highest BCUT2D eigenvalue weighted by molar-refractivity contribution is 6.32. The molecular formula is C18H16ClN3. The summed E-state index contributed by atoms with van der Waals surface area (Å²) < 4.78 is 0. The van der Waals surface area contributed by atoms with E-state index in [9.17, 15) is 0 Å². The van der Waals surface area contributed by atoms with Crippen molar-refractivity contribution in [3.05, 3.63) is 65.6 Å². The number of aromatic nitrogens is 1. The predicted molar refractivity (Wildman–Crippen MR) is 87.3 cm³/mol. The molecule has 3 heterocycles. The van der Waals surface area contributed by atoms with Gasteiger partial charge in [0.1, 0.15) is 5.84 Å². The minimum atomic E-state index is 0.146. The number of fused-ring (bicyclic) bond motifs is 7. The molecule has 2 bridgehead atoms. The number of amidine groups is 1. The Kier molecular flexibility index (Phi) is 2.62. The van der Waals surface area contributed by atoms with Crippen LogP contribution in [0.3, 0.4) is 0 Å². The Labute approximate surface area is 134 Å². The van der Waals surface area contributed by atoms with Gasteiger partial charge in [-0.2, -0.15) is 0 Å². The zero-order chi connectivity index (χ0) is 14.7. The lowest BCUT2D eigenvalue weighted by molar-refractivity contribution is 0.204. The SMILES string of the molecule is ClC1=CN2C(=NC(c3ccccn3)C3C4C=CC(C4)C32)C=C1. The van der Waals surface area contributed by atoms with Crippen molar-refractivity contribution in [2.45, 2.75) is 18.5 Å². The molecule has 1 aromatic heterocycles. The molecular weight excluding hydrogens is 294 g/mol. The van der Waals surface area contributed by atoms with Crippen LogP contribution in [-0.4, -0.2) is 21.8 Å². The molecule has 22 heavy (non-hydrogen) atoms. The zero-order valence-corrected chi connectivity index (χ0v) is 12.8. The lowest BCUT2D eigenvalue weighted by atomic mass is 9.79. The number of hydrogen-bond acceptors (Lipinski definition) is 3.